The van der Waals surface area contributed by atoms with Crippen LogP contribution in [0.15, 0.2) is 48.5 Å². The molecule has 0 unspecified atom stereocenters. The van der Waals surface area contributed by atoms with Crippen LogP contribution in [0.5, 0.6) is 11.5 Å². The van der Waals surface area contributed by atoms with Crippen LogP contribution >= 0.6 is 0 Å². The fourth-order valence-electron chi connectivity index (χ4n) is 3.07. The van der Waals surface area contributed by atoms with Crippen LogP contribution in [0.4, 0.5) is 13.2 Å². The van der Waals surface area contributed by atoms with Gasteiger partial charge in [-0.15, -0.1) is 0 Å². The summed E-state index contributed by atoms with van der Waals surface area (Å²) in [6, 6.07) is 12.6. The summed E-state index contributed by atoms with van der Waals surface area (Å²) >= 11 is 0. The largest absolute Gasteiger partial charge is 0.457 e. The van der Waals surface area contributed by atoms with E-state index in [2.05, 4.69) is 18.0 Å². The molecule has 0 aromatic heterocycles. The molecule has 1 saturated heterocycles. The van der Waals surface area contributed by atoms with Gasteiger partial charge in [0, 0.05) is 0 Å². The van der Waals surface area contributed by atoms with E-state index in [4.69, 9.17) is 4.74 Å². The maximum absolute atomic E-state index is 12.6. The lowest BCUT2D eigenvalue weighted by Crippen LogP contribution is -2.29. The number of hydrogen-bond donors (Lipinski definition) is 0. The Morgan fingerprint density at radius 2 is 1.58 bits per heavy atom. The van der Waals surface area contributed by atoms with Gasteiger partial charge in [-0.2, -0.15) is 13.2 Å². The lowest BCUT2D eigenvalue weighted by Gasteiger charge is -2.30. The van der Waals surface area contributed by atoms with E-state index in [1.54, 1.807) is 0 Å². The Morgan fingerprint density at radius 3 is 2.21 bits per heavy atom. The lowest BCUT2D eigenvalue weighted by molar-refractivity contribution is -0.137. The molecule has 128 valence electrons. The quantitative estimate of drug-likeness (QED) is 0.754. The number of likely N-dealkylation sites (tertiary alicyclic amines) is 1. The molecule has 0 saturated carbocycles. The fraction of sp³-hybridized carbons (Fsp3) is 0.368. The Kier molecular flexibility index (Phi) is 4.81. The molecular formula is C19H20F3NO. The molecule has 1 heterocycles. The molecule has 2 aromatic rings. The average Bonchev–Trinajstić information content (AvgIpc) is 2.56. The minimum absolute atomic E-state index is 0.420. The SMILES string of the molecule is CN1CCC(c2ccccc2Oc2ccc(C(F)(F)F)cc2)CC1. The Hall–Kier alpha value is -2.01. The number of para-hydroxylation sites is 1. The van der Waals surface area contributed by atoms with Gasteiger partial charge in [0.2, 0.25) is 0 Å². The second-order valence-corrected chi connectivity index (χ2v) is 6.24. The Balaban J connectivity index is 1.78. The van der Waals surface area contributed by atoms with Gasteiger partial charge in [0.1, 0.15) is 11.5 Å². The summed E-state index contributed by atoms with van der Waals surface area (Å²) in [5.74, 6) is 1.57. The standard InChI is InChI=1S/C19H20F3NO/c1-23-12-10-14(11-13-23)17-4-2-3-5-18(17)24-16-8-6-15(7-9-16)19(20,21)22/h2-9,14H,10-13H2,1H3. The van der Waals surface area contributed by atoms with Crippen molar-refractivity contribution < 1.29 is 17.9 Å². The van der Waals surface area contributed by atoms with E-state index < -0.39 is 11.7 Å². The van der Waals surface area contributed by atoms with Crippen LogP contribution < -0.4 is 4.74 Å². The smallest absolute Gasteiger partial charge is 0.416 e. The van der Waals surface area contributed by atoms with E-state index in [-0.39, 0.29) is 0 Å². The summed E-state index contributed by atoms with van der Waals surface area (Å²) < 4.78 is 43.8. The zero-order chi connectivity index (χ0) is 17.2. The van der Waals surface area contributed by atoms with Crippen molar-refractivity contribution in [3.63, 3.8) is 0 Å². The summed E-state index contributed by atoms with van der Waals surface area (Å²) in [4.78, 5) is 2.30. The summed E-state index contributed by atoms with van der Waals surface area (Å²) in [6.45, 7) is 2.08. The molecule has 5 heteroatoms. The number of hydrogen-bond acceptors (Lipinski definition) is 2. The van der Waals surface area contributed by atoms with Crippen LogP contribution in [0.2, 0.25) is 0 Å². The van der Waals surface area contributed by atoms with E-state index in [0.717, 1.165) is 49.4 Å². The third-order valence-corrected chi connectivity index (χ3v) is 4.49. The molecule has 0 atom stereocenters. The second kappa shape index (κ2) is 6.85. The van der Waals surface area contributed by atoms with Gasteiger partial charge in [0.15, 0.2) is 0 Å². The molecule has 0 bridgehead atoms. The zero-order valence-electron chi connectivity index (χ0n) is 13.5. The van der Waals surface area contributed by atoms with Crippen LogP contribution in [-0.2, 0) is 6.18 Å². The molecule has 1 fully saturated rings. The average molecular weight is 335 g/mol. The topological polar surface area (TPSA) is 12.5 Å². The number of benzene rings is 2. The number of ether oxygens (including phenoxy) is 1. The van der Waals surface area contributed by atoms with Gasteiger partial charge in [0.05, 0.1) is 5.56 Å². The van der Waals surface area contributed by atoms with Crippen molar-refractivity contribution in [1.29, 1.82) is 0 Å². The van der Waals surface area contributed by atoms with Crippen LogP contribution in [0.3, 0.4) is 0 Å². The minimum Gasteiger partial charge on any atom is -0.457 e. The normalized spacial score (nSPS) is 17.0. The second-order valence-electron chi connectivity index (χ2n) is 6.24. The van der Waals surface area contributed by atoms with Gasteiger partial charge in [-0.05, 0) is 74.8 Å². The highest BCUT2D eigenvalue weighted by Crippen LogP contribution is 2.37. The molecule has 1 aliphatic heterocycles. The lowest BCUT2D eigenvalue weighted by atomic mass is 9.89. The van der Waals surface area contributed by atoms with Gasteiger partial charge in [-0.1, -0.05) is 18.2 Å². The van der Waals surface area contributed by atoms with Crippen molar-refractivity contribution in [2.24, 2.45) is 0 Å². The molecule has 0 N–H and O–H groups in total. The molecule has 0 radical (unpaired) electrons. The van der Waals surface area contributed by atoms with E-state index in [1.807, 2.05) is 18.2 Å². The molecule has 2 nitrogen and oxygen atoms in total. The highest BCUT2D eigenvalue weighted by Gasteiger charge is 2.30. The van der Waals surface area contributed by atoms with Gasteiger partial charge < -0.3 is 9.64 Å². The molecule has 0 spiro atoms. The van der Waals surface area contributed by atoms with Crippen LogP contribution in [0.1, 0.15) is 29.9 Å². The molecule has 1 aliphatic rings. The number of piperidine rings is 1. The number of alkyl halides is 3. The van der Waals surface area contributed by atoms with Crippen molar-refractivity contribution in [3.8, 4) is 11.5 Å². The minimum atomic E-state index is -4.33. The van der Waals surface area contributed by atoms with Gasteiger partial charge in [-0.3, -0.25) is 0 Å². The number of nitrogens with zero attached hydrogens (tertiary/aromatic N) is 1. The first-order valence-corrected chi connectivity index (χ1v) is 8.06. The summed E-state index contributed by atoms with van der Waals surface area (Å²) in [6.07, 6.45) is -2.21. The Morgan fingerprint density at radius 1 is 0.958 bits per heavy atom. The predicted octanol–water partition coefficient (Wildman–Crippen LogP) is 5.31. The van der Waals surface area contributed by atoms with Crippen LogP contribution in [-0.4, -0.2) is 25.0 Å². The van der Waals surface area contributed by atoms with Crippen LogP contribution in [0.25, 0.3) is 0 Å². The predicted molar refractivity (Wildman–Crippen MR) is 87.4 cm³/mol. The molecule has 0 amide bonds. The summed E-state index contributed by atoms with van der Waals surface area (Å²) in [5, 5.41) is 0. The Bertz CT molecular complexity index is 674. The third-order valence-electron chi connectivity index (χ3n) is 4.49. The third kappa shape index (κ3) is 3.90. The van der Waals surface area contributed by atoms with Gasteiger partial charge >= 0.3 is 6.18 Å². The zero-order valence-corrected chi connectivity index (χ0v) is 13.5. The highest BCUT2D eigenvalue weighted by atomic mass is 19.4. The number of rotatable bonds is 3. The maximum Gasteiger partial charge on any atom is 0.416 e. The maximum atomic E-state index is 12.6. The van der Waals surface area contributed by atoms with Crippen molar-refractivity contribution in [1.82, 2.24) is 4.90 Å². The summed E-state index contributed by atoms with van der Waals surface area (Å²) in [7, 11) is 2.11. The highest BCUT2D eigenvalue weighted by molar-refractivity contribution is 5.41. The van der Waals surface area contributed by atoms with E-state index in [1.165, 1.54) is 12.1 Å². The Labute approximate surface area is 139 Å². The van der Waals surface area contributed by atoms with Crippen molar-refractivity contribution >= 4 is 0 Å². The van der Waals surface area contributed by atoms with Crippen LogP contribution in [0, 0.1) is 0 Å². The van der Waals surface area contributed by atoms with Crippen molar-refractivity contribution in [3.05, 3.63) is 59.7 Å². The van der Waals surface area contributed by atoms with E-state index in [0.29, 0.717) is 11.7 Å². The fourth-order valence-corrected chi connectivity index (χ4v) is 3.07. The van der Waals surface area contributed by atoms with Gasteiger partial charge in [0.25, 0.3) is 0 Å². The number of halogens is 3. The van der Waals surface area contributed by atoms with E-state index >= 15 is 0 Å². The molecule has 3 rings (SSSR count). The first kappa shape index (κ1) is 16.8. The monoisotopic (exact) mass is 335 g/mol. The first-order chi connectivity index (χ1) is 11.4. The molecular weight excluding hydrogens is 315 g/mol. The van der Waals surface area contributed by atoms with Gasteiger partial charge in [-0.25, -0.2) is 0 Å². The first-order valence-electron chi connectivity index (χ1n) is 8.06. The molecule has 2 aromatic carbocycles. The summed E-state index contributed by atoms with van der Waals surface area (Å²) in [5.41, 5.74) is 0.462. The van der Waals surface area contributed by atoms with Crippen molar-refractivity contribution in [2.45, 2.75) is 24.9 Å². The van der Waals surface area contributed by atoms with Crippen molar-refractivity contribution in [2.75, 3.05) is 20.1 Å². The van der Waals surface area contributed by atoms with E-state index in [9.17, 15) is 13.2 Å². The molecule has 24 heavy (non-hydrogen) atoms. The molecule has 0 aliphatic carbocycles.